The summed E-state index contributed by atoms with van der Waals surface area (Å²) < 4.78 is 19.4. The van der Waals surface area contributed by atoms with Crippen LogP contribution in [0.2, 0.25) is 5.15 Å². The molecule has 0 saturated carbocycles. The molecule has 0 spiro atoms. The Hall–Kier alpha value is -3.18. The molecular formula is C20H13ClFNO3. The Morgan fingerprint density at radius 2 is 1.73 bits per heavy atom. The quantitative estimate of drug-likeness (QED) is 0.399. The number of hydrogen-bond donors (Lipinski definition) is 1. The van der Waals surface area contributed by atoms with Crippen LogP contribution in [0.4, 0.5) is 4.39 Å². The number of carboxylic acid groups (broad SMARTS) is 1. The van der Waals surface area contributed by atoms with Gasteiger partial charge in [-0.3, -0.25) is 0 Å². The van der Waals surface area contributed by atoms with Gasteiger partial charge in [0.2, 0.25) is 5.76 Å². The van der Waals surface area contributed by atoms with Crippen LogP contribution in [0.3, 0.4) is 0 Å². The van der Waals surface area contributed by atoms with Gasteiger partial charge in [-0.15, -0.1) is 0 Å². The first-order chi connectivity index (χ1) is 12.5. The summed E-state index contributed by atoms with van der Waals surface area (Å²) >= 11 is 5.84. The minimum atomic E-state index is -1.29. The van der Waals surface area contributed by atoms with Crippen molar-refractivity contribution in [3.05, 3.63) is 101 Å². The van der Waals surface area contributed by atoms with Crippen LogP contribution in [0, 0.1) is 5.82 Å². The van der Waals surface area contributed by atoms with Crippen molar-refractivity contribution < 1.29 is 19.0 Å². The molecule has 0 amide bonds. The fraction of sp³-hybridized carbons (Fsp3) is 0. The molecule has 0 aliphatic rings. The third-order valence-electron chi connectivity index (χ3n) is 3.52. The second kappa shape index (κ2) is 7.80. The van der Waals surface area contributed by atoms with Gasteiger partial charge in [-0.05, 0) is 29.3 Å². The Morgan fingerprint density at radius 3 is 2.38 bits per heavy atom. The molecule has 3 rings (SSSR count). The van der Waals surface area contributed by atoms with Crippen LogP contribution in [0.1, 0.15) is 11.1 Å². The molecule has 0 saturated heterocycles. The Labute approximate surface area is 154 Å². The normalized spacial score (nSPS) is 11.6. The molecule has 3 aromatic rings. The summed E-state index contributed by atoms with van der Waals surface area (Å²) in [5.74, 6) is -1.90. The van der Waals surface area contributed by atoms with Crippen LogP contribution in [-0.4, -0.2) is 16.1 Å². The molecule has 0 radical (unpaired) electrons. The highest BCUT2D eigenvalue weighted by molar-refractivity contribution is 6.29. The van der Waals surface area contributed by atoms with Gasteiger partial charge in [0.05, 0.1) is 0 Å². The highest BCUT2D eigenvalue weighted by atomic mass is 35.5. The Bertz CT molecular complexity index is 974. The third-order valence-corrected chi connectivity index (χ3v) is 3.72. The van der Waals surface area contributed by atoms with Crippen molar-refractivity contribution in [3.8, 4) is 5.75 Å². The van der Waals surface area contributed by atoms with E-state index in [1.54, 1.807) is 36.4 Å². The number of aliphatic carboxylic acids is 1. The Kier molecular flexibility index (Phi) is 5.29. The first kappa shape index (κ1) is 17.6. The summed E-state index contributed by atoms with van der Waals surface area (Å²) in [7, 11) is 0. The maximum atomic E-state index is 13.8. The third kappa shape index (κ3) is 4.07. The summed E-state index contributed by atoms with van der Waals surface area (Å²) in [6.07, 6.45) is 1.40. The lowest BCUT2D eigenvalue weighted by atomic mass is 9.96. The molecule has 1 aromatic heterocycles. The zero-order valence-electron chi connectivity index (χ0n) is 13.4. The largest absolute Gasteiger partial charge is 0.475 e. The molecular weight excluding hydrogens is 357 g/mol. The number of rotatable bonds is 5. The van der Waals surface area contributed by atoms with E-state index < -0.39 is 11.8 Å². The molecule has 1 N–H and O–H groups in total. The van der Waals surface area contributed by atoms with Crippen molar-refractivity contribution in [2.75, 3.05) is 0 Å². The minimum absolute atomic E-state index is 0.166. The van der Waals surface area contributed by atoms with Gasteiger partial charge in [0.25, 0.3) is 0 Å². The molecule has 1 heterocycles. The van der Waals surface area contributed by atoms with Gasteiger partial charge < -0.3 is 9.84 Å². The standard InChI is InChI=1S/C20H13ClFNO3/c21-17-12-16(9-10-23-17)26-19(20(24)25)18(13-5-2-1-3-6-13)14-7-4-8-15(22)11-14/h1-12H,(H,24,25)/b19-18+. The van der Waals surface area contributed by atoms with E-state index in [1.165, 1.54) is 36.5 Å². The van der Waals surface area contributed by atoms with Crippen LogP contribution in [-0.2, 0) is 4.79 Å². The topological polar surface area (TPSA) is 59.4 Å². The van der Waals surface area contributed by atoms with Crippen molar-refractivity contribution in [2.24, 2.45) is 0 Å². The molecule has 0 aliphatic carbocycles. The monoisotopic (exact) mass is 369 g/mol. The number of carbonyl (C=O) groups is 1. The van der Waals surface area contributed by atoms with E-state index >= 15 is 0 Å². The van der Waals surface area contributed by atoms with Crippen LogP contribution < -0.4 is 4.74 Å². The van der Waals surface area contributed by atoms with Gasteiger partial charge >= 0.3 is 5.97 Å². The van der Waals surface area contributed by atoms with Crippen molar-refractivity contribution in [1.82, 2.24) is 4.98 Å². The van der Waals surface area contributed by atoms with Gasteiger partial charge in [-0.25, -0.2) is 14.2 Å². The van der Waals surface area contributed by atoms with Crippen molar-refractivity contribution >= 4 is 23.1 Å². The summed E-state index contributed by atoms with van der Waals surface area (Å²) in [5.41, 5.74) is 1.22. The van der Waals surface area contributed by atoms with E-state index in [0.29, 0.717) is 11.1 Å². The van der Waals surface area contributed by atoms with E-state index in [-0.39, 0.29) is 22.2 Å². The second-order valence-corrected chi connectivity index (χ2v) is 5.69. The lowest BCUT2D eigenvalue weighted by molar-refractivity contribution is -0.134. The number of aromatic nitrogens is 1. The smallest absolute Gasteiger partial charge is 0.372 e. The van der Waals surface area contributed by atoms with Crippen LogP contribution in [0.25, 0.3) is 5.57 Å². The maximum absolute atomic E-state index is 13.8. The summed E-state index contributed by atoms with van der Waals surface area (Å²) in [4.78, 5) is 15.8. The molecule has 0 fully saturated rings. The number of halogens is 2. The van der Waals surface area contributed by atoms with Crippen molar-refractivity contribution in [1.29, 1.82) is 0 Å². The summed E-state index contributed by atoms with van der Waals surface area (Å²) in [5, 5.41) is 9.91. The molecule has 130 valence electrons. The lowest BCUT2D eigenvalue weighted by Crippen LogP contribution is -2.12. The molecule has 0 unspecified atom stereocenters. The van der Waals surface area contributed by atoms with E-state index in [4.69, 9.17) is 16.3 Å². The number of pyridine rings is 1. The van der Waals surface area contributed by atoms with E-state index in [2.05, 4.69) is 4.98 Å². The molecule has 0 bridgehead atoms. The first-order valence-corrected chi connectivity index (χ1v) is 8.01. The van der Waals surface area contributed by atoms with Gasteiger partial charge in [-0.1, -0.05) is 54.1 Å². The van der Waals surface area contributed by atoms with Crippen molar-refractivity contribution in [2.45, 2.75) is 0 Å². The fourth-order valence-electron chi connectivity index (χ4n) is 2.45. The maximum Gasteiger partial charge on any atom is 0.372 e. The number of nitrogens with zero attached hydrogens (tertiary/aromatic N) is 1. The fourth-order valence-corrected chi connectivity index (χ4v) is 2.61. The molecule has 4 nitrogen and oxygen atoms in total. The summed E-state index contributed by atoms with van der Waals surface area (Å²) in [6.45, 7) is 0. The average molecular weight is 370 g/mol. The highest BCUT2D eigenvalue weighted by Crippen LogP contribution is 2.30. The van der Waals surface area contributed by atoms with Gasteiger partial charge in [-0.2, -0.15) is 0 Å². The molecule has 0 atom stereocenters. The lowest BCUT2D eigenvalue weighted by Gasteiger charge is -2.14. The van der Waals surface area contributed by atoms with E-state index in [1.807, 2.05) is 0 Å². The zero-order valence-corrected chi connectivity index (χ0v) is 14.2. The Balaban J connectivity index is 2.22. The van der Waals surface area contributed by atoms with Gasteiger partial charge in [0, 0.05) is 17.8 Å². The van der Waals surface area contributed by atoms with E-state index in [0.717, 1.165) is 0 Å². The van der Waals surface area contributed by atoms with Gasteiger partial charge in [0.1, 0.15) is 16.7 Å². The molecule has 6 heteroatoms. The number of carboxylic acids is 1. The van der Waals surface area contributed by atoms with Crippen LogP contribution in [0.5, 0.6) is 5.75 Å². The number of ether oxygens (including phenoxy) is 1. The van der Waals surface area contributed by atoms with Crippen LogP contribution >= 0.6 is 11.6 Å². The van der Waals surface area contributed by atoms with Gasteiger partial charge in [0.15, 0.2) is 0 Å². The minimum Gasteiger partial charge on any atom is -0.475 e. The highest BCUT2D eigenvalue weighted by Gasteiger charge is 2.21. The molecule has 0 aliphatic heterocycles. The predicted molar refractivity (Wildman–Crippen MR) is 96.4 cm³/mol. The SMILES string of the molecule is O=C(O)/C(Oc1ccnc(Cl)c1)=C(/c1ccccc1)c1cccc(F)c1. The molecule has 26 heavy (non-hydrogen) atoms. The number of benzene rings is 2. The van der Waals surface area contributed by atoms with Crippen LogP contribution in [0.15, 0.2) is 78.7 Å². The van der Waals surface area contributed by atoms with E-state index in [9.17, 15) is 14.3 Å². The Morgan fingerprint density at radius 1 is 1.00 bits per heavy atom. The first-order valence-electron chi connectivity index (χ1n) is 7.63. The predicted octanol–water partition coefficient (Wildman–Crippen LogP) is 4.80. The number of hydrogen-bond acceptors (Lipinski definition) is 3. The average Bonchev–Trinajstić information content (AvgIpc) is 2.62. The molecule has 2 aromatic carbocycles. The summed E-state index contributed by atoms with van der Waals surface area (Å²) in [6, 6.07) is 17.4. The second-order valence-electron chi connectivity index (χ2n) is 5.30. The van der Waals surface area contributed by atoms with Crippen molar-refractivity contribution in [3.63, 3.8) is 0 Å². The zero-order chi connectivity index (χ0) is 18.5.